The number of nitrogens with zero attached hydrogens (tertiary/aromatic N) is 16. The zero-order valence-corrected chi connectivity index (χ0v) is 73.1. The summed E-state index contributed by atoms with van der Waals surface area (Å²) in [6.07, 6.45) is 11.5. The highest BCUT2D eigenvalue weighted by Gasteiger charge is 2.46. The Morgan fingerprint density at radius 2 is 0.659 bits per heavy atom. The van der Waals surface area contributed by atoms with Gasteiger partial charge in [-0.1, -0.05) is 56.0 Å². The van der Waals surface area contributed by atoms with E-state index in [9.17, 15) is 61.6 Å². The van der Waals surface area contributed by atoms with Crippen LogP contribution in [0.3, 0.4) is 0 Å². The maximum atomic E-state index is 13.4. The highest BCUT2D eigenvalue weighted by atomic mass is 19.1. The smallest absolute Gasteiger partial charge is 0.410 e. The third-order valence-electron chi connectivity index (χ3n) is 21.1. The molecule has 4 aromatic carbocycles. The molecule has 4 amide bonds. The monoisotopic (exact) mass is 1750 g/mol. The van der Waals surface area contributed by atoms with Crippen molar-refractivity contribution in [3.8, 4) is 0 Å². The molecule has 3 N–H and O–H groups in total. The number of carbonyl (C=O) groups excluding carboxylic acids is 6. The van der Waals surface area contributed by atoms with E-state index in [4.69, 9.17) is 33.2 Å². The van der Waals surface area contributed by atoms with Crippen LogP contribution in [0.1, 0.15) is 141 Å². The normalized spacial score (nSPS) is 16.2. The van der Waals surface area contributed by atoms with Crippen molar-refractivity contribution < 1.29 is 94.8 Å². The lowest BCUT2D eigenvalue weighted by molar-refractivity contribution is -0.147. The van der Waals surface area contributed by atoms with Gasteiger partial charge in [-0.3, -0.25) is 9.59 Å². The molecule has 5 aliphatic heterocycles. The van der Waals surface area contributed by atoms with Crippen LogP contribution in [0.5, 0.6) is 0 Å². The van der Waals surface area contributed by atoms with E-state index >= 15 is 0 Å². The summed E-state index contributed by atoms with van der Waals surface area (Å²) in [5.74, 6) is -1.37. The number of aliphatic hydroxyl groups is 3. The van der Waals surface area contributed by atoms with E-state index in [0.717, 1.165) is 11.1 Å². The molecule has 0 radical (unpaired) electrons. The molecule has 13 rings (SSSR count). The van der Waals surface area contributed by atoms with Crippen LogP contribution in [0.25, 0.3) is 0 Å². The first kappa shape index (κ1) is 97.8. The number of piperazine rings is 4. The second kappa shape index (κ2) is 42.3. The van der Waals surface area contributed by atoms with Crippen LogP contribution in [-0.4, -0.2) is 285 Å². The quantitative estimate of drug-likeness (QED) is 0.0433. The maximum Gasteiger partial charge on any atom is 0.410 e. The van der Waals surface area contributed by atoms with Crippen LogP contribution >= 0.6 is 0 Å². The number of aliphatic hydroxyl groups excluding tert-OH is 3. The van der Waals surface area contributed by atoms with Crippen molar-refractivity contribution >= 4 is 60.1 Å². The molecule has 4 aromatic heterocycles. The summed E-state index contributed by atoms with van der Waals surface area (Å²) in [5.41, 5.74) is -0.312. The van der Waals surface area contributed by atoms with Crippen LogP contribution in [0, 0.1) is 23.3 Å². The molecule has 2 atom stereocenters. The second-order valence-corrected chi connectivity index (χ2v) is 34.5. The van der Waals surface area contributed by atoms with E-state index in [1.165, 1.54) is 99.4 Å². The van der Waals surface area contributed by atoms with Crippen molar-refractivity contribution in [2.24, 2.45) is 0 Å². The van der Waals surface area contributed by atoms with Crippen LogP contribution in [0.15, 0.2) is 147 Å². The molecule has 32 nitrogen and oxygen atoms in total. The third kappa shape index (κ3) is 25.0. The molecule has 0 saturated carbocycles. The fourth-order valence-corrected chi connectivity index (χ4v) is 14.2. The summed E-state index contributed by atoms with van der Waals surface area (Å²) in [6, 6.07) is 23.1. The van der Waals surface area contributed by atoms with Crippen molar-refractivity contribution in [3.63, 3.8) is 0 Å². The van der Waals surface area contributed by atoms with E-state index < -0.39 is 69.3 Å². The van der Waals surface area contributed by atoms with Crippen LogP contribution < -0.4 is 19.6 Å². The van der Waals surface area contributed by atoms with Crippen LogP contribution in [0.2, 0.25) is 0 Å². The summed E-state index contributed by atoms with van der Waals surface area (Å²) in [4.78, 5) is 124. The fourth-order valence-electron chi connectivity index (χ4n) is 14.2. The number of anilines is 4. The molecule has 2 unspecified atom stereocenters. The van der Waals surface area contributed by atoms with Gasteiger partial charge in [0.15, 0.2) is 0 Å². The van der Waals surface area contributed by atoms with Gasteiger partial charge in [-0.15, -0.1) is 0 Å². The molecule has 5 saturated heterocycles. The Balaban J connectivity index is 0.000000190. The number of benzene rings is 4. The number of halogens is 4. The van der Waals surface area contributed by atoms with Gasteiger partial charge in [0.2, 0.25) is 23.8 Å². The summed E-state index contributed by atoms with van der Waals surface area (Å²) >= 11 is 0. The summed E-state index contributed by atoms with van der Waals surface area (Å²) in [5, 5.41) is 30.4. The van der Waals surface area contributed by atoms with Gasteiger partial charge in [0.05, 0.1) is 58.1 Å². The molecule has 126 heavy (non-hydrogen) atoms. The van der Waals surface area contributed by atoms with Gasteiger partial charge in [-0.2, -0.15) is 0 Å². The molecule has 5 fully saturated rings. The molecule has 36 heteroatoms. The Kier molecular flexibility index (Phi) is 32.8. The lowest BCUT2D eigenvalue weighted by Gasteiger charge is -2.42. The lowest BCUT2D eigenvalue weighted by atomic mass is 9.74. The Morgan fingerprint density at radius 3 is 0.944 bits per heavy atom. The minimum atomic E-state index is -1.59. The number of esters is 2. The first-order valence-electron chi connectivity index (χ1n) is 41.0. The second-order valence-electron chi connectivity index (χ2n) is 34.5. The summed E-state index contributed by atoms with van der Waals surface area (Å²) in [6.45, 7) is 30.3. The molecule has 9 heterocycles. The van der Waals surface area contributed by atoms with Gasteiger partial charge in [0.25, 0.3) is 0 Å². The molecule has 8 aromatic rings. The average Bonchev–Trinajstić information content (AvgIpc) is 0.764. The minimum absolute atomic E-state index is 0. The molecular weight excluding hydrogens is 1640 g/mol. The van der Waals surface area contributed by atoms with Crippen molar-refractivity contribution in [1.82, 2.24) is 59.5 Å². The van der Waals surface area contributed by atoms with E-state index in [-0.39, 0.29) is 62.1 Å². The van der Waals surface area contributed by atoms with Crippen molar-refractivity contribution in [1.29, 1.82) is 0 Å². The number of hydrogen-bond donors (Lipinski definition) is 3. The largest absolute Gasteiger partial charge is 0.468 e. The lowest BCUT2D eigenvalue weighted by Crippen LogP contribution is -2.50. The highest BCUT2D eigenvalue weighted by Crippen LogP contribution is 2.40. The number of aromatic nitrogens is 8. The van der Waals surface area contributed by atoms with Gasteiger partial charge >= 0.3 is 36.3 Å². The average molecular weight is 1750 g/mol. The van der Waals surface area contributed by atoms with Gasteiger partial charge in [-0.05, 0) is 154 Å². The predicted molar refractivity (Wildman–Crippen MR) is 461 cm³/mol. The Hall–Kier alpha value is -12.0. The molecule has 0 spiro atoms. The SMILES string of the molecule is C.CC(C)(C)OC(=O)N1CCN(c2ncc(C(CO)(CO)c3ccc(F)cc3)cn2)CC1.CC(C)(C)OC(=O)N1CCN(c2ncc(C3(c4ccc(F)cc4)COC3)cn2)CC1.COC(=O)C(CO)(c1ccc(F)cc1)c1cnc(N2CCN(C(=O)OC(C)(C)C)CC2)nc1.COC(=O)C(c1ccc(F)cc1)c1cnc(N2CCN(C(=O)OC(C)(C)C)CC2)nc1. The first-order chi connectivity index (χ1) is 59.2. The van der Waals surface area contributed by atoms with Gasteiger partial charge < -0.3 is 87.7 Å². The number of amides is 4. The standard InChI is InChI=1S/C23H29FN4O5.C22H27FN4O4.C22H29FN4O4.C22H27FN4O3.CH4/c1-22(2,3)33-21(31)28-11-9-27(10-12-28)20-25-13-17(14-26-20)23(15-29,19(30)32-4)16-5-7-18(24)8-6-16;1-22(2,3)31-21(29)27-11-9-26(10-12-27)20-24-13-16(14-25-20)18(19(28)30-4)15-5-7-17(23)8-6-15;1-21(2,3)31-20(30)27-10-8-26(9-11-27)19-24-12-17(13-25-19)22(14-28,15-29)16-4-6-18(23)7-5-16;1-21(2,3)30-20(28)27-10-8-26(9-11-27)19-24-12-17(13-25-19)22(14-29-15-22)16-4-6-18(23)7-5-16;/h5-8,13-14,29H,9-12,15H2,1-4H3;5-8,13-14,18H,9-12H2,1-4H3;4-7,12-13,28-29H,8-11,14-15H2,1-3H3;4-7,12-13H,8-11,14-15H2,1-3H3;1H4. The Morgan fingerprint density at radius 1 is 0.365 bits per heavy atom. The van der Waals surface area contributed by atoms with Gasteiger partial charge in [0, 0.05) is 177 Å². The molecule has 0 bridgehead atoms. The molecule has 0 aliphatic carbocycles. The highest BCUT2D eigenvalue weighted by molar-refractivity contribution is 5.88. The minimum Gasteiger partial charge on any atom is -0.468 e. The number of carbonyl (C=O) groups is 6. The molecule has 5 aliphatic rings. The summed E-state index contributed by atoms with van der Waals surface area (Å²) in [7, 11) is 2.52. The fraction of sp³-hybridized carbons (Fsp3) is 0.489. The first-order valence-corrected chi connectivity index (χ1v) is 41.0. The van der Waals surface area contributed by atoms with E-state index in [1.807, 2.05) is 110 Å². The number of ether oxygens (including phenoxy) is 7. The Labute approximate surface area is 732 Å². The van der Waals surface area contributed by atoms with Crippen molar-refractivity contribution in [2.75, 3.05) is 172 Å². The number of methoxy groups -OCH3 is 2. The summed E-state index contributed by atoms with van der Waals surface area (Å²) < 4.78 is 90.4. The zero-order chi connectivity index (χ0) is 90.8. The number of rotatable bonds is 17. The van der Waals surface area contributed by atoms with E-state index in [0.29, 0.717) is 175 Å². The van der Waals surface area contributed by atoms with Gasteiger partial charge in [0.1, 0.15) is 57.0 Å². The van der Waals surface area contributed by atoms with E-state index in [2.05, 4.69) is 44.8 Å². The Bertz CT molecular complexity index is 4860. The number of hydrogen-bond acceptors (Lipinski definition) is 28. The maximum absolute atomic E-state index is 13.4. The van der Waals surface area contributed by atoms with Gasteiger partial charge in [-0.25, -0.2) is 76.6 Å². The predicted octanol–water partition coefficient (Wildman–Crippen LogP) is 10.7. The zero-order valence-electron chi connectivity index (χ0n) is 73.1. The molecule has 680 valence electrons. The van der Waals surface area contributed by atoms with Crippen molar-refractivity contribution in [3.05, 3.63) is 214 Å². The van der Waals surface area contributed by atoms with Crippen LogP contribution in [-0.2, 0) is 59.0 Å². The van der Waals surface area contributed by atoms with E-state index in [1.54, 1.807) is 68.7 Å². The third-order valence-corrected chi connectivity index (χ3v) is 21.1. The topological polar surface area (TPSA) is 357 Å². The van der Waals surface area contributed by atoms with Crippen LogP contribution in [0.4, 0.5) is 60.5 Å². The molecular formula is C90H116F4N16O16. The van der Waals surface area contributed by atoms with Crippen molar-refractivity contribution in [2.45, 2.75) is 135 Å².